The van der Waals surface area contributed by atoms with E-state index >= 15 is 0 Å². The fraction of sp³-hybridized carbons (Fsp3) is 0.0769. The van der Waals surface area contributed by atoms with Crippen molar-refractivity contribution >= 4 is 23.8 Å². The fourth-order valence-electron chi connectivity index (χ4n) is 3.35. The highest BCUT2D eigenvalue weighted by atomic mass is 14.8. The van der Waals surface area contributed by atoms with E-state index in [1.54, 1.807) is 24.8 Å². The highest BCUT2D eigenvalue weighted by Gasteiger charge is 2.14. The van der Waals surface area contributed by atoms with Crippen molar-refractivity contribution in [1.82, 2.24) is 9.97 Å². The number of rotatable bonds is 5. The van der Waals surface area contributed by atoms with E-state index < -0.39 is 0 Å². The highest BCUT2D eigenvalue weighted by molar-refractivity contribution is 5.92. The van der Waals surface area contributed by atoms with Gasteiger partial charge in [0.25, 0.3) is 0 Å². The van der Waals surface area contributed by atoms with E-state index in [-0.39, 0.29) is 0 Å². The van der Waals surface area contributed by atoms with E-state index in [9.17, 15) is 0 Å². The van der Waals surface area contributed by atoms with Gasteiger partial charge in [-0.05, 0) is 61.4 Å². The van der Waals surface area contributed by atoms with Crippen LogP contribution in [0.15, 0.2) is 95.2 Å². The Morgan fingerprint density at radius 1 is 0.567 bits per heavy atom. The molecule has 30 heavy (non-hydrogen) atoms. The third-order valence-corrected chi connectivity index (χ3v) is 4.80. The third-order valence-electron chi connectivity index (χ3n) is 4.80. The summed E-state index contributed by atoms with van der Waals surface area (Å²) in [7, 11) is 0. The normalized spacial score (nSPS) is 11.4. The topological polar surface area (TPSA) is 50.5 Å². The first kappa shape index (κ1) is 19.4. The van der Waals surface area contributed by atoms with Gasteiger partial charge in [0.05, 0.1) is 35.2 Å². The molecule has 4 heteroatoms. The second-order valence-electron chi connectivity index (χ2n) is 6.96. The van der Waals surface area contributed by atoms with Gasteiger partial charge in [0.2, 0.25) is 0 Å². The number of pyridine rings is 2. The number of aryl methyl sites for hydroxylation is 2. The lowest BCUT2D eigenvalue weighted by atomic mass is 9.93. The summed E-state index contributed by atoms with van der Waals surface area (Å²) in [5.74, 6) is 0. The fourth-order valence-corrected chi connectivity index (χ4v) is 3.35. The quantitative estimate of drug-likeness (QED) is 0.378. The molecule has 0 spiro atoms. The minimum Gasteiger partial charge on any atom is -0.255 e. The van der Waals surface area contributed by atoms with Gasteiger partial charge in [0, 0.05) is 23.5 Å². The van der Waals surface area contributed by atoms with Crippen LogP contribution in [0, 0.1) is 13.8 Å². The van der Waals surface area contributed by atoms with E-state index in [0.717, 1.165) is 45.0 Å². The van der Waals surface area contributed by atoms with Crippen molar-refractivity contribution in [1.29, 1.82) is 0 Å². The largest absolute Gasteiger partial charge is 0.255 e. The first-order valence-electron chi connectivity index (χ1n) is 9.82. The Hall–Kier alpha value is -3.92. The van der Waals surface area contributed by atoms with Crippen LogP contribution in [0.1, 0.15) is 22.5 Å². The molecule has 146 valence electrons. The lowest BCUT2D eigenvalue weighted by Gasteiger charge is -2.15. The Morgan fingerprint density at radius 2 is 1.03 bits per heavy atom. The van der Waals surface area contributed by atoms with Crippen molar-refractivity contribution in [3.8, 4) is 11.1 Å². The SMILES string of the molecule is Cc1cccc(N=Cc2ccccn2)c1-c1c(C)cccc1N=Cc1ccccn1. The molecular formula is C26H22N4. The summed E-state index contributed by atoms with van der Waals surface area (Å²) in [6.07, 6.45) is 7.13. The summed E-state index contributed by atoms with van der Waals surface area (Å²) < 4.78 is 0. The second kappa shape index (κ2) is 9.05. The average molecular weight is 390 g/mol. The van der Waals surface area contributed by atoms with Gasteiger partial charge >= 0.3 is 0 Å². The van der Waals surface area contributed by atoms with Gasteiger partial charge in [-0.1, -0.05) is 36.4 Å². The van der Waals surface area contributed by atoms with Gasteiger partial charge in [-0.15, -0.1) is 0 Å². The van der Waals surface area contributed by atoms with E-state index in [0.29, 0.717) is 0 Å². The van der Waals surface area contributed by atoms with Crippen molar-refractivity contribution < 1.29 is 0 Å². The summed E-state index contributed by atoms with van der Waals surface area (Å²) in [5, 5.41) is 0. The number of hydrogen-bond acceptors (Lipinski definition) is 4. The van der Waals surface area contributed by atoms with Crippen molar-refractivity contribution in [2.24, 2.45) is 9.98 Å². The van der Waals surface area contributed by atoms with Crippen LogP contribution < -0.4 is 0 Å². The summed E-state index contributed by atoms with van der Waals surface area (Å²) in [5.41, 5.74) is 7.88. The molecular weight excluding hydrogens is 368 g/mol. The van der Waals surface area contributed by atoms with E-state index in [1.807, 2.05) is 60.7 Å². The maximum atomic E-state index is 4.76. The lowest BCUT2D eigenvalue weighted by molar-refractivity contribution is 1.29. The molecule has 0 aliphatic heterocycles. The minimum atomic E-state index is 0.822. The summed E-state index contributed by atoms with van der Waals surface area (Å²) in [4.78, 5) is 18.2. The van der Waals surface area contributed by atoms with E-state index in [1.165, 1.54) is 0 Å². The molecule has 4 nitrogen and oxygen atoms in total. The minimum absolute atomic E-state index is 0.822. The van der Waals surface area contributed by atoms with Crippen LogP contribution >= 0.6 is 0 Å². The third kappa shape index (κ3) is 4.39. The predicted octanol–water partition coefficient (Wildman–Crippen LogP) is 6.26. The molecule has 0 N–H and O–H groups in total. The molecule has 0 saturated carbocycles. The molecule has 2 aromatic heterocycles. The summed E-state index contributed by atoms with van der Waals surface area (Å²) >= 11 is 0. The molecule has 0 radical (unpaired) electrons. The highest BCUT2D eigenvalue weighted by Crippen LogP contribution is 2.41. The van der Waals surface area contributed by atoms with E-state index in [4.69, 9.17) is 9.98 Å². The van der Waals surface area contributed by atoms with Gasteiger partial charge in [0.15, 0.2) is 0 Å². The Kier molecular flexibility index (Phi) is 5.85. The zero-order valence-electron chi connectivity index (χ0n) is 17.0. The number of benzene rings is 2. The molecule has 0 bridgehead atoms. The predicted molar refractivity (Wildman–Crippen MR) is 124 cm³/mol. The zero-order valence-corrected chi connectivity index (χ0v) is 17.0. The van der Waals surface area contributed by atoms with E-state index in [2.05, 4.69) is 35.9 Å². The molecule has 0 fully saturated rings. The molecule has 0 unspecified atom stereocenters. The molecule has 0 atom stereocenters. The van der Waals surface area contributed by atoms with Gasteiger partial charge < -0.3 is 0 Å². The molecule has 0 aliphatic rings. The van der Waals surface area contributed by atoms with Gasteiger partial charge in [0.1, 0.15) is 0 Å². The Labute approximate surface area is 176 Å². The standard InChI is InChI=1S/C26H22N4/c1-19-9-7-13-23(29-17-21-11-3-5-15-27-21)25(19)26-20(2)10-8-14-24(26)30-18-22-12-4-6-16-28-22/h3-18H,1-2H3. The molecule has 2 aromatic carbocycles. The smallest absolute Gasteiger partial charge is 0.0812 e. The first-order valence-corrected chi connectivity index (χ1v) is 9.82. The zero-order chi connectivity index (χ0) is 20.8. The van der Waals surface area contributed by atoms with Crippen LogP contribution in [0.5, 0.6) is 0 Å². The van der Waals surface area contributed by atoms with Gasteiger partial charge in [-0.25, -0.2) is 0 Å². The van der Waals surface area contributed by atoms with Gasteiger partial charge in [-0.2, -0.15) is 0 Å². The molecule has 2 heterocycles. The van der Waals surface area contributed by atoms with Crippen LogP contribution in [0.25, 0.3) is 11.1 Å². The van der Waals surface area contributed by atoms with Crippen molar-refractivity contribution in [3.05, 3.63) is 108 Å². The molecule has 0 amide bonds. The van der Waals surface area contributed by atoms with Crippen LogP contribution in [-0.2, 0) is 0 Å². The van der Waals surface area contributed by atoms with Crippen LogP contribution in [0.4, 0.5) is 11.4 Å². The number of nitrogens with zero attached hydrogens (tertiary/aromatic N) is 4. The number of aliphatic imine (C=N–C) groups is 2. The summed E-state index contributed by atoms with van der Waals surface area (Å²) in [6.45, 7) is 4.21. The number of hydrogen-bond donors (Lipinski definition) is 0. The van der Waals surface area contributed by atoms with Crippen LogP contribution in [0.2, 0.25) is 0 Å². The maximum absolute atomic E-state index is 4.76. The van der Waals surface area contributed by atoms with Gasteiger partial charge in [-0.3, -0.25) is 20.0 Å². The Balaban J connectivity index is 1.81. The number of aromatic nitrogens is 2. The van der Waals surface area contributed by atoms with Crippen molar-refractivity contribution in [2.45, 2.75) is 13.8 Å². The van der Waals surface area contributed by atoms with Crippen molar-refractivity contribution in [2.75, 3.05) is 0 Å². The first-order chi connectivity index (χ1) is 14.7. The van der Waals surface area contributed by atoms with Crippen molar-refractivity contribution in [3.63, 3.8) is 0 Å². The Morgan fingerprint density at radius 3 is 1.43 bits per heavy atom. The van der Waals surface area contributed by atoms with Crippen LogP contribution in [0.3, 0.4) is 0 Å². The molecule has 0 aliphatic carbocycles. The summed E-state index contributed by atoms with van der Waals surface area (Å²) in [6, 6.07) is 23.9. The second-order valence-corrected chi connectivity index (χ2v) is 6.96. The monoisotopic (exact) mass is 390 g/mol. The maximum Gasteiger partial charge on any atom is 0.0812 e. The molecule has 0 saturated heterocycles. The average Bonchev–Trinajstić information content (AvgIpc) is 2.78. The lowest BCUT2D eigenvalue weighted by Crippen LogP contribution is -1.91. The molecule has 4 aromatic rings. The Bertz CT molecular complexity index is 1100. The molecule has 4 rings (SSSR count). The van der Waals surface area contributed by atoms with Crippen LogP contribution in [-0.4, -0.2) is 22.4 Å².